The summed E-state index contributed by atoms with van der Waals surface area (Å²) in [5.41, 5.74) is -0.414. The number of halogens is 3. The number of nitrogens with zero attached hydrogens (tertiary/aromatic N) is 2. The molecule has 25 heavy (non-hydrogen) atoms. The molecule has 0 aromatic heterocycles. The molecule has 1 aliphatic carbocycles. The van der Waals surface area contributed by atoms with Crippen molar-refractivity contribution in [2.45, 2.75) is 63.8 Å². The molecule has 1 aliphatic rings. The summed E-state index contributed by atoms with van der Waals surface area (Å²) >= 11 is 0. The third-order valence-corrected chi connectivity index (χ3v) is 5.04. The Hall–Kier alpha value is -1.56. The van der Waals surface area contributed by atoms with Gasteiger partial charge in [0.2, 0.25) is 0 Å². The Morgan fingerprint density at radius 2 is 1.48 bits per heavy atom. The van der Waals surface area contributed by atoms with Crippen molar-refractivity contribution in [3.05, 3.63) is 35.4 Å². The molecule has 0 aliphatic heterocycles. The Morgan fingerprint density at radius 3 is 1.88 bits per heavy atom. The predicted molar refractivity (Wildman–Crippen MR) is 92.5 cm³/mol. The molecule has 0 radical (unpaired) electrons. The van der Waals surface area contributed by atoms with Crippen LogP contribution in [0.2, 0.25) is 0 Å². The van der Waals surface area contributed by atoms with Crippen molar-refractivity contribution >= 4 is 5.91 Å². The number of amides is 1. The summed E-state index contributed by atoms with van der Waals surface area (Å²) in [5.74, 6) is -0.183. The van der Waals surface area contributed by atoms with Gasteiger partial charge in [-0.05, 0) is 77.9 Å². The maximum Gasteiger partial charge on any atom is 0.416 e. The van der Waals surface area contributed by atoms with Crippen LogP contribution in [0, 0.1) is 0 Å². The van der Waals surface area contributed by atoms with Crippen LogP contribution in [0.3, 0.4) is 0 Å². The molecular formula is C19H27F3N2O. The van der Waals surface area contributed by atoms with Gasteiger partial charge in [-0.25, -0.2) is 0 Å². The number of hydrogen-bond acceptors (Lipinski definition) is 2. The van der Waals surface area contributed by atoms with Gasteiger partial charge < -0.3 is 9.80 Å². The van der Waals surface area contributed by atoms with E-state index in [-0.39, 0.29) is 18.0 Å². The van der Waals surface area contributed by atoms with Crippen molar-refractivity contribution in [3.8, 4) is 0 Å². The van der Waals surface area contributed by atoms with Gasteiger partial charge in [0.25, 0.3) is 5.91 Å². The van der Waals surface area contributed by atoms with Gasteiger partial charge in [-0.3, -0.25) is 4.79 Å². The highest BCUT2D eigenvalue weighted by Gasteiger charge is 2.33. The average molecular weight is 356 g/mol. The lowest BCUT2D eigenvalue weighted by molar-refractivity contribution is -0.137. The topological polar surface area (TPSA) is 23.6 Å². The summed E-state index contributed by atoms with van der Waals surface area (Å²) in [5, 5.41) is 0. The Morgan fingerprint density at radius 1 is 1.00 bits per heavy atom. The van der Waals surface area contributed by atoms with Crippen molar-refractivity contribution in [1.29, 1.82) is 0 Å². The minimum Gasteiger partial charge on any atom is -0.333 e. The average Bonchev–Trinajstić information content (AvgIpc) is 2.54. The fourth-order valence-corrected chi connectivity index (χ4v) is 3.63. The van der Waals surface area contributed by atoms with Crippen molar-refractivity contribution < 1.29 is 18.0 Å². The molecular weight excluding hydrogens is 329 g/mol. The number of carbonyl (C=O) groups is 1. The lowest BCUT2D eigenvalue weighted by Gasteiger charge is -2.41. The zero-order chi connectivity index (χ0) is 18.8. The zero-order valence-corrected chi connectivity index (χ0v) is 15.3. The monoisotopic (exact) mass is 356 g/mol. The van der Waals surface area contributed by atoms with Crippen LogP contribution < -0.4 is 0 Å². The Labute approximate surface area is 147 Å². The van der Waals surface area contributed by atoms with E-state index >= 15 is 0 Å². The lowest BCUT2D eigenvalue weighted by atomic mass is 9.88. The van der Waals surface area contributed by atoms with Crippen LogP contribution in [-0.2, 0) is 6.18 Å². The van der Waals surface area contributed by atoms with Gasteiger partial charge >= 0.3 is 6.18 Å². The van der Waals surface area contributed by atoms with E-state index in [2.05, 4.69) is 19.0 Å². The highest BCUT2D eigenvalue weighted by molar-refractivity contribution is 5.94. The molecule has 140 valence electrons. The van der Waals surface area contributed by atoms with Gasteiger partial charge in [-0.1, -0.05) is 0 Å². The molecule has 0 bridgehead atoms. The first-order valence-electron chi connectivity index (χ1n) is 8.77. The van der Waals surface area contributed by atoms with Crippen LogP contribution in [-0.4, -0.2) is 47.9 Å². The number of alkyl halides is 3. The normalized spacial score (nSPS) is 21.6. The van der Waals surface area contributed by atoms with Gasteiger partial charge in [-0.2, -0.15) is 13.2 Å². The van der Waals surface area contributed by atoms with Crippen molar-refractivity contribution in [3.63, 3.8) is 0 Å². The lowest BCUT2D eigenvalue weighted by Crippen LogP contribution is -2.48. The largest absolute Gasteiger partial charge is 0.416 e. The van der Waals surface area contributed by atoms with Gasteiger partial charge in [-0.15, -0.1) is 0 Å². The maximum atomic E-state index is 12.9. The smallest absolute Gasteiger partial charge is 0.333 e. The molecule has 0 N–H and O–H groups in total. The number of carbonyl (C=O) groups excluding carboxylic acids is 1. The first-order valence-corrected chi connectivity index (χ1v) is 8.77. The van der Waals surface area contributed by atoms with Gasteiger partial charge in [0.15, 0.2) is 0 Å². The van der Waals surface area contributed by atoms with Gasteiger partial charge in [0.1, 0.15) is 0 Å². The zero-order valence-electron chi connectivity index (χ0n) is 15.3. The van der Waals surface area contributed by atoms with E-state index in [0.717, 1.165) is 37.8 Å². The quantitative estimate of drug-likeness (QED) is 0.797. The van der Waals surface area contributed by atoms with E-state index in [0.29, 0.717) is 11.6 Å². The summed E-state index contributed by atoms with van der Waals surface area (Å²) in [7, 11) is 4.14. The fraction of sp³-hybridized carbons (Fsp3) is 0.632. The summed E-state index contributed by atoms with van der Waals surface area (Å²) in [6, 6.07) is 5.22. The first kappa shape index (κ1) is 19.8. The molecule has 1 saturated carbocycles. The molecule has 1 aromatic carbocycles. The Bertz CT molecular complexity index is 573. The predicted octanol–water partition coefficient (Wildman–Crippen LogP) is 4.43. The second-order valence-electron chi connectivity index (χ2n) is 7.31. The second kappa shape index (κ2) is 7.77. The highest BCUT2D eigenvalue weighted by atomic mass is 19.4. The van der Waals surface area contributed by atoms with Crippen LogP contribution in [0.15, 0.2) is 24.3 Å². The molecule has 1 aromatic rings. The summed E-state index contributed by atoms with van der Waals surface area (Å²) < 4.78 is 38.1. The van der Waals surface area contributed by atoms with E-state index in [9.17, 15) is 18.0 Å². The van der Waals surface area contributed by atoms with E-state index in [1.807, 2.05) is 18.7 Å². The SMILES string of the molecule is CC(C)N(C(=O)c1ccc(C(F)(F)F)cc1)C1CCC(N(C)C)CC1. The fourth-order valence-electron chi connectivity index (χ4n) is 3.63. The molecule has 1 fully saturated rings. The minimum atomic E-state index is -4.39. The molecule has 3 nitrogen and oxygen atoms in total. The van der Waals surface area contributed by atoms with Crippen LogP contribution in [0.25, 0.3) is 0 Å². The van der Waals surface area contributed by atoms with Crippen LogP contribution in [0.5, 0.6) is 0 Å². The standard InChI is InChI=1S/C19H27F3N2O/c1-13(2)24(17-11-9-16(10-12-17)23(3)4)18(25)14-5-7-15(8-6-14)19(20,21)22/h5-8,13,16-17H,9-12H2,1-4H3. The van der Waals surface area contributed by atoms with Crippen LogP contribution in [0.4, 0.5) is 13.2 Å². The van der Waals surface area contributed by atoms with Crippen molar-refractivity contribution in [2.24, 2.45) is 0 Å². The molecule has 0 spiro atoms. The van der Waals surface area contributed by atoms with E-state index in [1.54, 1.807) is 0 Å². The second-order valence-corrected chi connectivity index (χ2v) is 7.31. The number of benzene rings is 1. The minimum absolute atomic E-state index is 0.00991. The van der Waals surface area contributed by atoms with E-state index in [4.69, 9.17) is 0 Å². The molecule has 6 heteroatoms. The molecule has 0 saturated heterocycles. The van der Waals surface area contributed by atoms with Gasteiger partial charge in [0, 0.05) is 23.7 Å². The van der Waals surface area contributed by atoms with E-state index in [1.165, 1.54) is 12.1 Å². The Kier molecular flexibility index (Phi) is 6.14. The summed E-state index contributed by atoms with van der Waals surface area (Å²) in [6.45, 7) is 3.92. The third-order valence-electron chi connectivity index (χ3n) is 5.04. The van der Waals surface area contributed by atoms with Crippen molar-refractivity contribution in [1.82, 2.24) is 9.80 Å². The van der Waals surface area contributed by atoms with Crippen LogP contribution >= 0.6 is 0 Å². The first-order chi connectivity index (χ1) is 11.6. The molecule has 0 heterocycles. The summed E-state index contributed by atoms with van der Waals surface area (Å²) in [6.07, 6.45) is -0.479. The maximum absolute atomic E-state index is 12.9. The van der Waals surface area contributed by atoms with Gasteiger partial charge in [0.05, 0.1) is 5.56 Å². The molecule has 2 rings (SSSR count). The highest BCUT2D eigenvalue weighted by Crippen LogP contribution is 2.31. The third kappa shape index (κ3) is 4.75. The number of rotatable bonds is 4. The van der Waals surface area contributed by atoms with Crippen molar-refractivity contribution in [2.75, 3.05) is 14.1 Å². The molecule has 1 amide bonds. The Balaban J connectivity index is 2.13. The summed E-state index contributed by atoms with van der Waals surface area (Å²) in [4.78, 5) is 17.0. The molecule has 0 unspecified atom stereocenters. The van der Waals surface area contributed by atoms with Crippen LogP contribution in [0.1, 0.15) is 55.5 Å². The number of hydrogen-bond donors (Lipinski definition) is 0. The van der Waals surface area contributed by atoms with E-state index < -0.39 is 11.7 Å². The molecule has 0 atom stereocenters.